The Balaban J connectivity index is 1.72. The first-order chi connectivity index (χ1) is 17.2. The molecule has 0 radical (unpaired) electrons. The maximum absolute atomic E-state index is 12.8. The Morgan fingerprint density at radius 1 is 0.917 bits per heavy atom. The lowest BCUT2D eigenvalue weighted by molar-refractivity contribution is -0.137. The number of nitrogens with one attached hydrogen (secondary N) is 2. The first-order valence-electron chi connectivity index (χ1n) is 11.2. The molecule has 2 amide bonds. The average Bonchev–Trinajstić information content (AvgIpc) is 2.87. The van der Waals surface area contributed by atoms with E-state index < -0.39 is 23.6 Å². The monoisotopic (exact) mass is 498 g/mol. The summed E-state index contributed by atoms with van der Waals surface area (Å²) in [7, 11) is 0. The number of carbonyl (C=O) groups excluding carboxylic acids is 2. The molecule has 0 aliphatic heterocycles. The van der Waals surface area contributed by atoms with Crippen molar-refractivity contribution in [3.8, 4) is 11.5 Å². The lowest BCUT2D eigenvalue weighted by atomic mass is 10.1. The molecule has 3 rings (SSSR count). The lowest BCUT2D eigenvalue weighted by Gasteiger charge is -2.12. The van der Waals surface area contributed by atoms with E-state index in [9.17, 15) is 22.8 Å². The predicted octanol–water partition coefficient (Wildman–Crippen LogP) is 4.94. The standard InChI is InChI=1S/C27H25F3N2O4/c1-2-18-3-5-19(6-4-18)17-24(26(35)31-15-16-33)32-25(34)20-7-11-22(12-8-20)36-23-13-9-21(10-14-23)27(28,29)30/h3-14,17,33H,2,15-16H2,1H3,(H,31,35)(H,32,34). The van der Waals surface area contributed by atoms with Crippen molar-refractivity contribution in [2.45, 2.75) is 19.5 Å². The zero-order valence-electron chi connectivity index (χ0n) is 19.4. The third-order valence-electron chi connectivity index (χ3n) is 5.12. The smallest absolute Gasteiger partial charge is 0.416 e. The van der Waals surface area contributed by atoms with Gasteiger partial charge in [-0.05, 0) is 72.2 Å². The number of hydrogen-bond donors (Lipinski definition) is 3. The number of benzene rings is 3. The normalized spacial score (nSPS) is 11.6. The highest BCUT2D eigenvalue weighted by Gasteiger charge is 2.30. The van der Waals surface area contributed by atoms with Gasteiger partial charge in [-0.25, -0.2) is 0 Å². The second-order valence-corrected chi connectivity index (χ2v) is 7.74. The Kier molecular flexibility index (Phi) is 8.86. The first kappa shape index (κ1) is 26.5. The molecule has 0 heterocycles. The largest absolute Gasteiger partial charge is 0.457 e. The first-order valence-corrected chi connectivity index (χ1v) is 11.2. The Hall–Kier alpha value is -4.11. The third-order valence-corrected chi connectivity index (χ3v) is 5.12. The maximum atomic E-state index is 12.8. The number of aliphatic hydroxyl groups is 1. The van der Waals surface area contributed by atoms with Crippen molar-refractivity contribution in [3.63, 3.8) is 0 Å². The van der Waals surface area contributed by atoms with E-state index in [4.69, 9.17) is 9.84 Å². The maximum Gasteiger partial charge on any atom is 0.416 e. The van der Waals surface area contributed by atoms with Crippen LogP contribution in [0.4, 0.5) is 13.2 Å². The summed E-state index contributed by atoms with van der Waals surface area (Å²) in [4.78, 5) is 25.3. The number of hydrogen-bond acceptors (Lipinski definition) is 4. The molecule has 6 nitrogen and oxygen atoms in total. The molecule has 0 unspecified atom stereocenters. The van der Waals surface area contributed by atoms with Gasteiger partial charge in [0.2, 0.25) is 0 Å². The van der Waals surface area contributed by atoms with Crippen molar-refractivity contribution in [2.24, 2.45) is 0 Å². The van der Waals surface area contributed by atoms with E-state index in [1.165, 1.54) is 42.5 Å². The fourth-order valence-electron chi connectivity index (χ4n) is 3.16. The summed E-state index contributed by atoms with van der Waals surface area (Å²) < 4.78 is 43.7. The molecule has 0 aliphatic carbocycles. The van der Waals surface area contributed by atoms with Gasteiger partial charge >= 0.3 is 6.18 Å². The predicted molar refractivity (Wildman–Crippen MR) is 129 cm³/mol. The van der Waals surface area contributed by atoms with Gasteiger partial charge in [-0.3, -0.25) is 9.59 Å². The number of aryl methyl sites for hydroxylation is 1. The molecule has 3 aromatic carbocycles. The van der Waals surface area contributed by atoms with Crippen molar-refractivity contribution >= 4 is 17.9 Å². The van der Waals surface area contributed by atoms with Crippen molar-refractivity contribution in [2.75, 3.05) is 13.2 Å². The number of ether oxygens (including phenoxy) is 1. The average molecular weight is 499 g/mol. The quantitative estimate of drug-likeness (QED) is 0.365. The topological polar surface area (TPSA) is 87.7 Å². The minimum atomic E-state index is -4.44. The second-order valence-electron chi connectivity index (χ2n) is 7.74. The molecule has 0 aromatic heterocycles. The summed E-state index contributed by atoms with van der Waals surface area (Å²) in [5, 5.41) is 14.1. The van der Waals surface area contributed by atoms with Crippen LogP contribution in [0.25, 0.3) is 6.08 Å². The van der Waals surface area contributed by atoms with E-state index in [-0.39, 0.29) is 30.2 Å². The molecule has 0 aliphatic rings. The van der Waals surface area contributed by atoms with Gasteiger partial charge in [0, 0.05) is 12.1 Å². The fourth-order valence-corrected chi connectivity index (χ4v) is 3.16. The second kappa shape index (κ2) is 12.0. The van der Waals surface area contributed by atoms with E-state index in [1.807, 2.05) is 31.2 Å². The van der Waals surface area contributed by atoms with E-state index >= 15 is 0 Å². The molecule has 0 atom stereocenters. The van der Waals surface area contributed by atoms with Crippen molar-refractivity contribution in [1.82, 2.24) is 10.6 Å². The molecular weight excluding hydrogens is 473 g/mol. The highest BCUT2D eigenvalue weighted by molar-refractivity contribution is 6.05. The van der Waals surface area contributed by atoms with Crippen LogP contribution in [-0.4, -0.2) is 30.1 Å². The Morgan fingerprint density at radius 3 is 2.03 bits per heavy atom. The molecule has 0 saturated carbocycles. The zero-order valence-corrected chi connectivity index (χ0v) is 19.4. The van der Waals surface area contributed by atoms with E-state index in [0.717, 1.165) is 24.1 Å². The van der Waals surface area contributed by atoms with Gasteiger partial charge in [0.15, 0.2) is 0 Å². The lowest BCUT2D eigenvalue weighted by Crippen LogP contribution is -2.36. The van der Waals surface area contributed by atoms with Gasteiger partial charge in [-0.2, -0.15) is 13.2 Å². The Bertz CT molecular complexity index is 1200. The van der Waals surface area contributed by atoms with Crippen molar-refractivity contribution in [3.05, 3.63) is 101 Å². The van der Waals surface area contributed by atoms with Crippen LogP contribution in [0.3, 0.4) is 0 Å². The van der Waals surface area contributed by atoms with Gasteiger partial charge in [0.05, 0.1) is 12.2 Å². The molecule has 0 bridgehead atoms. The molecule has 3 aromatic rings. The van der Waals surface area contributed by atoms with Gasteiger partial charge < -0.3 is 20.5 Å². The van der Waals surface area contributed by atoms with Crippen LogP contribution in [0.5, 0.6) is 11.5 Å². The number of rotatable bonds is 9. The van der Waals surface area contributed by atoms with Crippen molar-refractivity contribution < 1.29 is 32.6 Å². The summed E-state index contributed by atoms with van der Waals surface area (Å²) in [6, 6.07) is 17.7. The van der Waals surface area contributed by atoms with Crippen LogP contribution in [0.15, 0.2) is 78.5 Å². The Labute approximate surface area is 206 Å². The molecular formula is C27H25F3N2O4. The summed E-state index contributed by atoms with van der Waals surface area (Å²) in [5.41, 5.74) is 1.29. The highest BCUT2D eigenvalue weighted by atomic mass is 19.4. The molecule has 36 heavy (non-hydrogen) atoms. The van der Waals surface area contributed by atoms with E-state index in [1.54, 1.807) is 0 Å². The zero-order chi connectivity index (χ0) is 26.1. The van der Waals surface area contributed by atoms with Crippen LogP contribution in [0.2, 0.25) is 0 Å². The minimum Gasteiger partial charge on any atom is -0.457 e. The summed E-state index contributed by atoms with van der Waals surface area (Å²) >= 11 is 0. The van der Waals surface area contributed by atoms with Crippen LogP contribution in [-0.2, 0) is 17.4 Å². The third kappa shape index (κ3) is 7.44. The van der Waals surface area contributed by atoms with Gasteiger partial charge in [-0.1, -0.05) is 31.2 Å². The van der Waals surface area contributed by atoms with Crippen LogP contribution >= 0.6 is 0 Å². The van der Waals surface area contributed by atoms with Gasteiger partial charge in [0.1, 0.15) is 17.2 Å². The number of halogens is 3. The Morgan fingerprint density at radius 2 is 1.50 bits per heavy atom. The van der Waals surface area contributed by atoms with E-state index in [0.29, 0.717) is 11.3 Å². The van der Waals surface area contributed by atoms with Crippen LogP contribution in [0, 0.1) is 0 Å². The number of amides is 2. The molecule has 9 heteroatoms. The minimum absolute atomic E-state index is 0.00257. The van der Waals surface area contributed by atoms with Crippen LogP contribution in [0.1, 0.15) is 34.0 Å². The highest BCUT2D eigenvalue weighted by Crippen LogP contribution is 2.31. The molecule has 0 saturated heterocycles. The summed E-state index contributed by atoms with van der Waals surface area (Å²) in [5.74, 6) is -0.579. The molecule has 3 N–H and O–H groups in total. The van der Waals surface area contributed by atoms with Gasteiger partial charge in [0.25, 0.3) is 11.8 Å². The number of alkyl halides is 3. The fraction of sp³-hybridized carbons (Fsp3) is 0.185. The van der Waals surface area contributed by atoms with Crippen molar-refractivity contribution in [1.29, 1.82) is 0 Å². The van der Waals surface area contributed by atoms with Gasteiger partial charge in [-0.15, -0.1) is 0 Å². The summed E-state index contributed by atoms with van der Waals surface area (Å²) in [6.45, 7) is 1.80. The number of aliphatic hydroxyl groups excluding tert-OH is 1. The molecule has 188 valence electrons. The van der Waals surface area contributed by atoms with Crippen LogP contribution < -0.4 is 15.4 Å². The SMILES string of the molecule is CCc1ccc(C=C(NC(=O)c2ccc(Oc3ccc(C(F)(F)F)cc3)cc2)C(=O)NCCO)cc1. The molecule has 0 spiro atoms. The van der Waals surface area contributed by atoms with E-state index in [2.05, 4.69) is 10.6 Å². The molecule has 0 fully saturated rings. The summed E-state index contributed by atoms with van der Waals surface area (Å²) in [6.07, 6.45) is -2.04. The number of carbonyl (C=O) groups is 2.